The summed E-state index contributed by atoms with van der Waals surface area (Å²) >= 11 is 0. The first-order valence-electron chi connectivity index (χ1n) is 6.06. The van der Waals surface area contributed by atoms with E-state index in [0.717, 1.165) is 25.6 Å². The number of ether oxygens (including phenoxy) is 1. The van der Waals surface area contributed by atoms with Gasteiger partial charge in [0.25, 0.3) is 0 Å². The van der Waals surface area contributed by atoms with Crippen LogP contribution in [0.1, 0.15) is 40.0 Å². The van der Waals surface area contributed by atoms with E-state index in [2.05, 4.69) is 25.7 Å². The van der Waals surface area contributed by atoms with Gasteiger partial charge in [-0.25, -0.2) is 0 Å². The van der Waals surface area contributed by atoms with E-state index in [0.29, 0.717) is 6.10 Å². The van der Waals surface area contributed by atoms with Crippen LogP contribution in [0.4, 0.5) is 0 Å². The molecule has 1 fully saturated rings. The second-order valence-corrected chi connectivity index (χ2v) is 4.79. The molecule has 0 bridgehead atoms. The van der Waals surface area contributed by atoms with Gasteiger partial charge in [-0.2, -0.15) is 0 Å². The van der Waals surface area contributed by atoms with Crippen LogP contribution in [0.2, 0.25) is 0 Å². The molecule has 0 spiro atoms. The normalized spacial score (nSPS) is 24.4. The van der Waals surface area contributed by atoms with Crippen molar-refractivity contribution in [2.75, 3.05) is 26.2 Å². The molecule has 14 heavy (non-hydrogen) atoms. The summed E-state index contributed by atoms with van der Waals surface area (Å²) in [6, 6.07) is 0. The van der Waals surface area contributed by atoms with Crippen LogP contribution in [-0.4, -0.2) is 37.2 Å². The van der Waals surface area contributed by atoms with Crippen molar-refractivity contribution in [3.63, 3.8) is 0 Å². The minimum atomic E-state index is 0.502. The summed E-state index contributed by atoms with van der Waals surface area (Å²) in [6.07, 6.45) is 4.33. The van der Waals surface area contributed by atoms with Crippen LogP contribution in [0.5, 0.6) is 0 Å². The molecule has 0 unspecified atom stereocenters. The topological polar surface area (TPSA) is 12.5 Å². The maximum absolute atomic E-state index is 5.75. The van der Waals surface area contributed by atoms with Crippen LogP contribution in [0.15, 0.2) is 0 Å². The highest BCUT2D eigenvalue weighted by molar-refractivity contribution is 4.72. The van der Waals surface area contributed by atoms with Gasteiger partial charge in [-0.1, -0.05) is 33.6 Å². The van der Waals surface area contributed by atoms with Crippen molar-refractivity contribution in [2.45, 2.75) is 46.1 Å². The minimum absolute atomic E-state index is 0.502. The van der Waals surface area contributed by atoms with Crippen LogP contribution in [-0.2, 0) is 4.74 Å². The van der Waals surface area contributed by atoms with E-state index in [9.17, 15) is 0 Å². The Hall–Kier alpha value is -0.0800. The Balaban J connectivity index is 2.21. The van der Waals surface area contributed by atoms with Gasteiger partial charge >= 0.3 is 0 Å². The first-order chi connectivity index (χ1) is 6.72. The van der Waals surface area contributed by atoms with Crippen molar-refractivity contribution in [3.05, 3.63) is 0 Å². The molecular formula is C12H25NO. The lowest BCUT2D eigenvalue weighted by atomic mass is 10.1. The molecule has 1 rings (SSSR count). The lowest BCUT2D eigenvalue weighted by Crippen LogP contribution is -2.43. The van der Waals surface area contributed by atoms with Gasteiger partial charge < -0.3 is 4.74 Å². The second-order valence-electron chi connectivity index (χ2n) is 4.79. The third-order valence-corrected chi connectivity index (χ3v) is 2.73. The van der Waals surface area contributed by atoms with E-state index in [1.165, 1.54) is 25.8 Å². The van der Waals surface area contributed by atoms with Gasteiger partial charge in [-0.15, -0.1) is 0 Å². The van der Waals surface area contributed by atoms with Crippen LogP contribution in [0.3, 0.4) is 0 Å². The molecule has 0 aliphatic carbocycles. The predicted octanol–water partition coefficient (Wildman–Crippen LogP) is 2.53. The molecule has 2 nitrogen and oxygen atoms in total. The summed E-state index contributed by atoms with van der Waals surface area (Å²) in [5.41, 5.74) is 0. The van der Waals surface area contributed by atoms with E-state index >= 15 is 0 Å². The fraction of sp³-hybridized carbons (Fsp3) is 1.00. The number of hydrogen-bond acceptors (Lipinski definition) is 2. The Morgan fingerprint density at radius 2 is 2.21 bits per heavy atom. The number of rotatable bonds is 5. The Bertz CT molecular complexity index is 147. The monoisotopic (exact) mass is 199 g/mol. The standard InChI is InChI=1S/C12H25NO/c1-4-5-6-12-10-13(7-8-14-12)9-11(2)3/h11-12H,4-10H2,1-3H3/t12-/m0/s1. The van der Waals surface area contributed by atoms with Crippen molar-refractivity contribution >= 4 is 0 Å². The first-order valence-corrected chi connectivity index (χ1v) is 6.06. The van der Waals surface area contributed by atoms with E-state index in [1.807, 2.05) is 0 Å². The fourth-order valence-corrected chi connectivity index (χ4v) is 2.07. The average molecular weight is 199 g/mol. The van der Waals surface area contributed by atoms with Crippen LogP contribution in [0, 0.1) is 5.92 Å². The lowest BCUT2D eigenvalue weighted by Gasteiger charge is -2.33. The SMILES string of the molecule is CCCC[C@H]1CN(CC(C)C)CCO1. The molecule has 1 atom stereocenters. The van der Waals surface area contributed by atoms with E-state index in [-0.39, 0.29) is 0 Å². The molecule has 0 saturated carbocycles. The molecule has 0 aromatic carbocycles. The second kappa shape index (κ2) is 6.41. The largest absolute Gasteiger partial charge is 0.376 e. The highest BCUT2D eigenvalue weighted by Gasteiger charge is 2.19. The minimum Gasteiger partial charge on any atom is -0.376 e. The number of hydrogen-bond donors (Lipinski definition) is 0. The summed E-state index contributed by atoms with van der Waals surface area (Å²) < 4.78 is 5.75. The van der Waals surface area contributed by atoms with Crippen molar-refractivity contribution in [1.29, 1.82) is 0 Å². The predicted molar refractivity (Wildman–Crippen MR) is 60.5 cm³/mol. The summed E-state index contributed by atoms with van der Waals surface area (Å²) in [5, 5.41) is 0. The van der Waals surface area contributed by atoms with Crippen molar-refractivity contribution in [3.8, 4) is 0 Å². The van der Waals surface area contributed by atoms with Gasteiger partial charge in [0.1, 0.15) is 0 Å². The quantitative estimate of drug-likeness (QED) is 0.674. The van der Waals surface area contributed by atoms with Crippen molar-refractivity contribution < 1.29 is 4.74 Å². The third-order valence-electron chi connectivity index (χ3n) is 2.73. The molecule has 0 radical (unpaired) electrons. The molecule has 0 aromatic rings. The maximum Gasteiger partial charge on any atom is 0.0702 e. The van der Waals surface area contributed by atoms with Gasteiger partial charge in [-0.05, 0) is 12.3 Å². The van der Waals surface area contributed by atoms with Crippen LogP contribution >= 0.6 is 0 Å². The fourth-order valence-electron chi connectivity index (χ4n) is 2.07. The van der Waals surface area contributed by atoms with Crippen LogP contribution < -0.4 is 0 Å². The van der Waals surface area contributed by atoms with Gasteiger partial charge in [-0.3, -0.25) is 4.90 Å². The Kier molecular flexibility index (Phi) is 5.49. The van der Waals surface area contributed by atoms with E-state index in [4.69, 9.17) is 4.74 Å². The van der Waals surface area contributed by atoms with Crippen LogP contribution in [0.25, 0.3) is 0 Å². The summed E-state index contributed by atoms with van der Waals surface area (Å²) in [5.74, 6) is 0.778. The molecule has 1 aliphatic rings. The molecule has 1 saturated heterocycles. The smallest absolute Gasteiger partial charge is 0.0702 e. The highest BCUT2D eigenvalue weighted by atomic mass is 16.5. The Morgan fingerprint density at radius 1 is 1.43 bits per heavy atom. The highest BCUT2D eigenvalue weighted by Crippen LogP contribution is 2.12. The maximum atomic E-state index is 5.75. The van der Waals surface area contributed by atoms with Crippen molar-refractivity contribution in [1.82, 2.24) is 4.90 Å². The molecule has 84 valence electrons. The molecule has 0 N–H and O–H groups in total. The zero-order chi connectivity index (χ0) is 10.4. The average Bonchev–Trinajstić information content (AvgIpc) is 2.14. The van der Waals surface area contributed by atoms with Crippen molar-refractivity contribution in [2.24, 2.45) is 5.92 Å². The zero-order valence-corrected chi connectivity index (χ0v) is 9.96. The molecule has 1 aliphatic heterocycles. The molecular weight excluding hydrogens is 174 g/mol. The molecule has 0 aromatic heterocycles. The van der Waals surface area contributed by atoms with Gasteiger partial charge in [0.2, 0.25) is 0 Å². The number of morpholine rings is 1. The van der Waals surface area contributed by atoms with E-state index in [1.54, 1.807) is 0 Å². The zero-order valence-electron chi connectivity index (χ0n) is 9.96. The number of nitrogens with zero attached hydrogens (tertiary/aromatic N) is 1. The molecule has 0 amide bonds. The Morgan fingerprint density at radius 3 is 2.86 bits per heavy atom. The summed E-state index contributed by atoms with van der Waals surface area (Å²) in [4.78, 5) is 2.55. The van der Waals surface area contributed by atoms with Gasteiger partial charge in [0, 0.05) is 19.6 Å². The van der Waals surface area contributed by atoms with Gasteiger partial charge in [0.05, 0.1) is 12.7 Å². The van der Waals surface area contributed by atoms with Gasteiger partial charge in [0.15, 0.2) is 0 Å². The first kappa shape index (κ1) is 12.0. The molecule has 1 heterocycles. The lowest BCUT2D eigenvalue weighted by molar-refractivity contribution is -0.0358. The summed E-state index contributed by atoms with van der Waals surface area (Å²) in [6.45, 7) is 11.3. The molecule has 2 heteroatoms. The summed E-state index contributed by atoms with van der Waals surface area (Å²) in [7, 11) is 0. The Labute approximate surface area is 88.6 Å². The number of unbranched alkanes of at least 4 members (excludes halogenated alkanes) is 1. The third kappa shape index (κ3) is 4.43. The van der Waals surface area contributed by atoms with E-state index < -0.39 is 0 Å².